The van der Waals surface area contributed by atoms with E-state index in [0.29, 0.717) is 6.61 Å². The predicted octanol–water partition coefficient (Wildman–Crippen LogP) is 4.26. The monoisotopic (exact) mass is 392 g/mol. The van der Waals surface area contributed by atoms with Gasteiger partial charge < -0.3 is 19.5 Å². The molecule has 6 heteroatoms. The Labute approximate surface area is 171 Å². The molecule has 1 fully saturated rings. The summed E-state index contributed by atoms with van der Waals surface area (Å²) in [5.74, 6) is 0.880. The van der Waals surface area contributed by atoms with Crippen LogP contribution in [-0.4, -0.2) is 32.7 Å². The van der Waals surface area contributed by atoms with Gasteiger partial charge in [0.1, 0.15) is 5.75 Å². The third-order valence-electron chi connectivity index (χ3n) is 5.05. The van der Waals surface area contributed by atoms with Crippen LogP contribution in [0, 0.1) is 0 Å². The number of aromatic nitrogens is 2. The predicted molar refractivity (Wildman–Crippen MR) is 115 cm³/mol. The Morgan fingerprint density at radius 2 is 1.89 bits per heavy atom. The number of rotatable bonds is 6. The van der Waals surface area contributed by atoms with Crippen molar-refractivity contribution < 1.29 is 4.74 Å². The lowest BCUT2D eigenvalue weighted by molar-refractivity contribution is 0.321. The quantitative estimate of drug-likeness (QED) is 0.635. The topological polar surface area (TPSA) is 42.3 Å². The molecule has 1 saturated heterocycles. The summed E-state index contributed by atoms with van der Waals surface area (Å²) in [6.07, 6.45) is 3.92. The first-order chi connectivity index (χ1) is 13.7. The van der Waals surface area contributed by atoms with E-state index in [0.717, 1.165) is 28.8 Å². The van der Waals surface area contributed by atoms with Crippen LogP contribution in [0.2, 0.25) is 0 Å². The summed E-state index contributed by atoms with van der Waals surface area (Å²) < 4.78 is 7.80. The molecular formula is C22H24N4OS. The molecule has 0 bridgehead atoms. The van der Waals surface area contributed by atoms with Gasteiger partial charge in [-0.05, 0) is 74.6 Å². The molecule has 0 amide bonds. The first kappa shape index (κ1) is 18.5. The smallest absolute Gasteiger partial charge is 0.170 e. The van der Waals surface area contributed by atoms with Crippen LogP contribution in [0.3, 0.4) is 0 Å². The maximum absolute atomic E-state index is 5.64. The molecule has 28 heavy (non-hydrogen) atoms. The second-order valence-electron chi connectivity index (χ2n) is 6.64. The van der Waals surface area contributed by atoms with E-state index in [1.807, 2.05) is 37.4 Å². The molecule has 0 radical (unpaired) electrons. The number of pyridine rings is 1. The van der Waals surface area contributed by atoms with Crippen LogP contribution in [0.15, 0.2) is 67.0 Å². The first-order valence-electron chi connectivity index (χ1n) is 9.61. The molecule has 2 atom stereocenters. The molecule has 144 valence electrons. The summed E-state index contributed by atoms with van der Waals surface area (Å²) in [5.41, 5.74) is 3.26. The van der Waals surface area contributed by atoms with Crippen molar-refractivity contribution in [3.05, 3.63) is 78.4 Å². The minimum atomic E-state index is 0.00463. The van der Waals surface area contributed by atoms with Crippen LogP contribution in [0.5, 0.6) is 5.75 Å². The van der Waals surface area contributed by atoms with Gasteiger partial charge in [-0.15, -0.1) is 0 Å². The second kappa shape index (κ2) is 8.02. The number of thiocarbonyl (C=S) groups is 1. The normalized spacial score (nSPS) is 18.9. The maximum atomic E-state index is 5.64. The zero-order valence-corrected chi connectivity index (χ0v) is 16.9. The van der Waals surface area contributed by atoms with Crippen molar-refractivity contribution in [3.63, 3.8) is 0 Å². The lowest BCUT2D eigenvalue weighted by atomic mass is 10.0. The van der Waals surface area contributed by atoms with Crippen molar-refractivity contribution in [3.8, 4) is 11.4 Å². The molecule has 1 aromatic carbocycles. The highest BCUT2D eigenvalue weighted by Crippen LogP contribution is 2.39. The van der Waals surface area contributed by atoms with Crippen molar-refractivity contribution in [2.75, 3.05) is 13.2 Å². The number of ether oxygens (including phenoxy) is 1. The van der Waals surface area contributed by atoms with Gasteiger partial charge in [0.25, 0.3) is 0 Å². The Kier molecular flexibility index (Phi) is 5.30. The Morgan fingerprint density at radius 1 is 1.07 bits per heavy atom. The molecule has 0 aliphatic carbocycles. The Bertz CT molecular complexity index is 939. The van der Waals surface area contributed by atoms with Gasteiger partial charge in [-0.1, -0.05) is 6.07 Å². The lowest BCUT2D eigenvalue weighted by Crippen LogP contribution is -2.30. The van der Waals surface area contributed by atoms with Gasteiger partial charge in [0.2, 0.25) is 0 Å². The molecule has 5 nitrogen and oxygen atoms in total. The van der Waals surface area contributed by atoms with Crippen molar-refractivity contribution >= 4 is 17.3 Å². The van der Waals surface area contributed by atoms with Gasteiger partial charge in [-0.25, -0.2) is 0 Å². The van der Waals surface area contributed by atoms with E-state index in [2.05, 4.69) is 63.2 Å². The molecule has 4 rings (SSSR count). The van der Waals surface area contributed by atoms with Crippen LogP contribution in [0.1, 0.15) is 37.3 Å². The Balaban J connectivity index is 1.74. The maximum Gasteiger partial charge on any atom is 0.170 e. The van der Waals surface area contributed by atoms with Crippen LogP contribution < -0.4 is 10.1 Å². The second-order valence-corrected chi connectivity index (χ2v) is 7.03. The summed E-state index contributed by atoms with van der Waals surface area (Å²) >= 11 is 5.64. The SMILES string of the molecule is CCOc1ccc(-n2cccc2[C@H]2[C@H](c3ccccn3)NC(=S)N2CC)cc1. The summed E-state index contributed by atoms with van der Waals surface area (Å²) in [4.78, 5) is 6.82. The zero-order chi connectivity index (χ0) is 19.5. The van der Waals surface area contributed by atoms with E-state index < -0.39 is 0 Å². The Morgan fingerprint density at radius 3 is 2.57 bits per heavy atom. The van der Waals surface area contributed by atoms with Gasteiger partial charge in [0, 0.05) is 30.3 Å². The molecule has 1 aliphatic rings. The van der Waals surface area contributed by atoms with Crippen molar-refractivity contribution in [2.24, 2.45) is 0 Å². The number of benzene rings is 1. The van der Waals surface area contributed by atoms with Crippen molar-refractivity contribution in [2.45, 2.75) is 25.9 Å². The van der Waals surface area contributed by atoms with Gasteiger partial charge >= 0.3 is 0 Å². The molecule has 0 saturated carbocycles. The lowest BCUT2D eigenvalue weighted by Gasteiger charge is -2.28. The number of likely N-dealkylation sites (N-methyl/N-ethyl adjacent to an activating group) is 1. The molecule has 2 aromatic heterocycles. The average Bonchev–Trinajstić information content (AvgIpc) is 3.33. The highest BCUT2D eigenvalue weighted by molar-refractivity contribution is 7.80. The Hall–Kier alpha value is -2.86. The summed E-state index contributed by atoms with van der Waals surface area (Å²) in [5, 5.41) is 4.24. The summed E-state index contributed by atoms with van der Waals surface area (Å²) in [6.45, 7) is 5.61. The molecule has 3 heterocycles. The molecule has 1 aliphatic heterocycles. The number of nitrogens with one attached hydrogen (secondary N) is 1. The van der Waals surface area contributed by atoms with Gasteiger partial charge in [-0.2, -0.15) is 0 Å². The highest BCUT2D eigenvalue weighted by Gasteiger charge is 2.40. The third-order valence-corrected chi connectivity index (χ3v) is 5.40. The molecule has 0 spiro atoms. The average molecular weight is 393 g/mol. The van der Waals surface area contributed by atoms with E-state index in [1.165, 1.54) is 5.69 Å². The standard InChI is InChI=1S/C22H24N4OS/c1-3-25-21(20(24-22(25)28)18-8-5-6-14-23-18)19-9-7-15-26(19)16-10-12-17(13-11-16)27-4-2/h5-15,20-21H,3-4H2,1-2H3,(H,24,28)/t20-,21-/m0/s1. The molecule has 1 N–H and O–H groups in total. The fourth-order valence-electron chi connectivity index (χ4n) is 3.81. The van der Waals surface area contributed by atoms with Crippen molar-refractivity contribution in [1.82, 2.24) is 19.8 Å². The van der Waals surface area contributed by atoms with Gasteiger partial charge in [0.15, 0.2) is 5.11 Å². The van der Waals surface area contributed by atoms with Crippen LogP contribution >= 0.6 is 12.2 Å². The van der Waals surface area contributed by atoms with Gasteiger partial charge in [-0.3, -0.25) is 4.98 Å². The fraction of sp³-hybridized carbons (Fsp3) is 0.273. The van der Waals surface area contributed by atoms with Crippen LogP contribution in [0.25, 0.3) is 5.69 Å². The minimum Gasteiger partial charge on any atom is -0.494 e. The third kappa shape index (κ3) is 3.36. The number of nitrogens with zero attached hydrogens (tertiary/aromatic N) is 3. The molecule has 0 unspecified atom stereocenters. The van der Waals surface area contributed by atoms with Gasteiger partial charge in [0.05, 0.1) is 24.4 Å². The van der Waals surface area contributed by atoms with Crippen LogP contribution in [-0.2, 0) is 0 Å². The highest BCUT2D eigenvalue weighted by atomic mass is 32.1. The van der Waals surface area contributed by atoms with Crippen molar-refractivity contribution in [1.29, 1.82) is 0 Å². The van der Waals surface area contributed by atoms with E-state index in [-0.39, 0.29) is 12.1 Å². The van der Waals surface area contributed by atoms with Crippen LogP contribution in [0.4, 0.5) is 0 Å². The van der Waals surface area contributed by atoms with E-state index in [1.54, 1.807) is 0 Å². The van der Waals surface area contributed by atoms with E-state index >= 15 is 0 Å². The first-order valence-corrected chi connectivity index (χ1v) is 10.0. The molecular weight excluding hydrogens is 368 g/mol. The zero-order valence-electron chi connectivity index (χ0n) is 16.1. The largest absolute Gasteiger partial charge is 0.494 e. The fourth-order valence-corrected chi connectivity index (χ4v) is 4.18. The number of hydrogen-bond acceptors (Lipinski definition) is 3. The van der Waals surface area contributed by atoms with E-state index in [4.69, 9.17) is 17.0 Å². The summed E-state index contributed by atoms with van der Waals surface area (Å²) in [7, 11) is 0. The minimum absolute atomic E-state index is 0.00463. The number of hydrogen-bond donors (Lipinski definition) is 1. The van der Waals surface area contributed by atoms with E-state index in [9.17, 15) is 0 Å². The summed E-state index contributed by atoms with van der Waals surface area (Å²) in [6, 6.07) is 18.5. The molecule has 3 aromatic rings.